The highest BCUT2D eigenvalue weighted by atomic mass is 35.5. The number of rotatable bonds is 5. The zero-order chi connectivity index (χ0) is 25.3. The predicted octanol–water partition coefficient (Wildman–Crippen LogP) is 0.164. The van der Waals surface area contributed by atoms with E-state index in [9.17, 15) is 9.90 Å². The van der Waals surface area contributed by atoms with E-state index in [1.54, 1.807) is 0 Å². The highest BCUT2D eigenvalue weighted by Gasteiger charge is 2.40. The highest BCUT2D eigenvalue weighted by molar-refractivity contribution is 6.31. The summed E-state index contributed by atoms with van der Waals surface area (Å²) in [6.45, 7) is 1.80. The molecule has 1 fully saturated rings. The highest BCUT2D eigenvalue weighted by Crippen LogP contribution is 2.27. The first-order valence-electron chi connectivity index (χ1n) is 11.4. The molecule has 13 nitrogen and oxygen atoms in total. The Labute approximate surface area is 211 Å². The zero-order valence-corrected chi connectivity index (χ0v) is 20.0. The lowest BCUT2D eigenvalue weighted by molar-refractivity contribution is -0.0213. The number of benzene rings is 1. The van der Waals surface area contributed by atoms with Crippen molar-refractivity contribution in [1.29, 1.82) is 0 Å². The summed E-state index contributed by atoms with van der Waals surface area (Å²) in [4.78, 5) is 31.3. The topological polar surface area (TPSA) is 196 Å². The standard InChI is InChI=1S/C22H26ClN11O2/c23-16-18(25)29-17(24)15(28-16)20(36)30-21-26-11-22(31-21)6-8-34(9-7-22)14(35)10-13-27-19(33-32-13)12-4-2-1-3-5-12/h1-5,14,35H,6-11H2,(H4,24,25,29)(H,27,32,33)(H2,26,30,31,36). The molecule has 1 amide bonds. The lowest BCUT2D eigenvalue weighted by Gasteiger charge is -2.40. The van der Waals surface area contributed by atoms with Crippen molar-refractivity contribution in [3.05, 3.63) is 47.0 Å². The molecule has 0 bridgehead atoms. The maximum Gasteiger partial charge on any atom is 0.280 e. The van der Waals surface area contributed by atoms with Crippen LogP contribution in [0, 0.1) is 0 Å². The molecule has 14 heteroatoms. The average molecular weight is 512 g/mol. The van der Waals surface area contributed by atoms with Crippen LogP contribution in [0.25, 0.3) is 11.4 Å². The molecule has 0 aliphatic carbocycles. The minimum atomic E-state index is -0.697. The van der Waals surface area contributed by atoms with Crippen LogP contribution in [-0.2, 0) is 6.42 Å². The number of aromatic nitrogens is 5. The molecule has 1 spiro atoms. The van der Waals surface area contributed by atoms with Gasteiger partial charge in [-0.25, -0.2) is 15.0 Å². The number of nitrogens with two attached hydrogens (primary N) is 2. The number of halogens is 1. The van der Waals surface area contributed by atoms with Crippen LogP contribution in [0.15, 0.2) is 35.3 Å². The Morgan fingerprint density at radius 1 is 1.17 bits per heavy atom. The number of nitrogens with zero attached hydrogens (tertiary/aromatic N) is 6. The normalized spacial score (nSPS) is 18.0. The number of H-pyrrole nitrogens is 1. The molecule has 4 heterocycles. The lowest BCUT2D eigenvalue weighted by atomic mass is 9.88. The van der Waals surface area contributed by atoms with E-state index >= 15 is 0 Å². The second-order valence-electron chi connectivity index (χ2n) is 8.85. The van der Waals surface area contributed by atoms with E-state index in [0.29, 0.717) is 43.7 Å². The number of guanidine groups is 1. The number of anilines is 2. The molecule has 8 N–H and O–H groups in total. The van der Waals surface area contributed by atoms with Crippen LogP contribution in [0.3, 0.4) is 0 Å². The van der Waals surface area contributed by atoms with Gasteiger partial charge in [-0.3, -0.25) is 25.1 Å². The van der Waals surface area contributed by atoms with Gasteiger partial charge < -0.3 is 21.9 Å². The number of carbonyl (C=O) groups is 1. The van der Waals surface area contributed by atoms with Crippen LogP contribution in [0.4, 0.5) is 11.6 Å². The Bertz CT molecular complexity index is 1290. The van der Waals surface area contributed by atoms with E-state index in [2.05, 4.69) is 40.8 Å². The van der Waals surface area contributed by atoms with Crippen LogP contribution in [0.2, 0.25) is 5.15 Å². The van der Waals surface area contributed by atoms with Gasteiger partial charge in [0.15, 0.2) is 34.3 Å². The number of nitrogen functional groups attached to an aromatic ring is 2. The summed E-state index contributed by atoms with van der Waals surface area (Å²) in [5.41, 5.74) is 11.8. The molecule has 0 saturated carbocycles. The van der Waals surface area contributed by atoms with Crippen molar-refractivity contribution < 1.29 is 9.90 Å². The molecule has 5 rings (SSSR count). The number of aliphatic hydroxyl groups excluding tert-OH is 1. The third-order valence-corrected chi connectivity index (χ3v) is 6.67. The smallest absolute Gasteiger partial charge is 0.280 e. The molecule has 2 aliphatic heterocycles. The average Bonchev–Trinajstić information content (AvgIpc) is 3.49. The molecule has 3 aromatic rings. The summed E-state index contributed by atoms with van der Waals surface area (Å²) >= 11 is 5.87. The van der Waals surface area contributed by atoms with Crippen molar-refractivity contribution in [3.63, 3.8) is 0 Å². The van der Waals surface area contributed by atoms with Crippen molar-refractivity contribution in [2.24, 2.45) is 4.99 Å². The Kier molecular flexibility index (Phi) is 6.43. The number of amides is 1. The second kappa shape index (κ2) is 9.68. The first-order valence-corrected chi connectivity index (χ1v) is 11.8. The van der Waals surface area contributed by atoms with Gasteiger partial charge in [0, 0.05) is 25.1 Å². The largest absolute Gasteiger partial charge is 0.382 e. The quantitative estimate of drug-likeness (QED) is 0.274. The number of aromatic amines is 1. The maximum absolute atomic E-state index is 12.6. The van der Waals surface area contributed by atoms with Crippen molar-refractivity contribution >= 4 is 35.1 Å². The molecule has 188 valence electrons. The molecule has 1 unspecified atom stereocenters. The first kappa shape index (κ1) is 23.9. The van der Waals surface area contributed by atoms with Gasteiger partial charge in [-0.2, -0.15) is 5.10 Å². The second-order valence-corrected chi connectivity index (χ2v) is 9.21. The SMILES string of the molecule is Nc1nc(N)c(C(=O)NC2=NCC3(CCN(C(O)Cc4nc(-c5ccccc5)n[nH]4)CC3)N2)nc1Cl. The zero-order valence-electron chi connectivity index (χ0n) is 19.3. The predicted molar refractivity (Wildman–Crippen MR) is 134 cm³/mol. The fourth-order valence-corrected chi connectivity index (χ4v) is 4.47. The van der Waals surface area contributed by atoms with E-state index in [0.717, 1.165) is 18.4 Å². The van der Waals surface area contributed by atoms with Crippen LogP contribution in [-0.4, -0.2) is 78.4 Å². The molecule has 2 aliphatic rings. The van der Waals surface area contributed by atoms with Gasteiger partial charge in [-0.1, -0.05) is 41.9 Å². The summed E-state index contributed by atoms with van der Waals surface area (Å²) in [5, 5.41) is 23.9. The number of likely N-dealkylation sites (tertiary alicyclic amines) is 1. The van der Waals surface area contributed by atoms with Crippen molar-refractivity contribution in [1.82, 2.24) is 40.7 Å². The van der Waals surface area contributed by atoms with Gasteiger partial charge in [-0.15, -0.1) is 0 Å². The van der Waals surface area contributed by atoms with Gasteiger partial charge in [-0.05, 0) is 12.8 Å². The number of aliphatic imine (C=N–C) groups is 1. The fourth-order valence-electron chi connectivity index (χ4n) is 4.34. The van der Waals surface area contributed by atoms with E-state index in [1.807, 2.05) is 35.2 Å². The molecular weight excluding hydrogens is 486 g/mol. The monoisotopic (exact) mass is 511 g/mol. The molecule has 1 atom stereocenters. The van der Waals surface area contributed by atoms with E-state index in [-0.39, 0.29) is 28.0 Å². The van der Waals surface area contributed by atoms with E-state index < -0.39 is 12.1 Å². The van der Waals surface area contributed by atoms with Gasteiger partial charge >= 0.3 is 0 Å². The van der Waals surface area contributed by atoms with Crippen LogP contribution >= 0.6 is 11.6 Å². The summed E-state index contributed by atoms with van der Waals surface area (Å²) in [6.07, 6.45) is 1.10. The summed E-state index contributed by atoms with van der Waals surface area (Å²) < 4.78 is 0. The molecule has 0 radical (unpaired) electrons. The van der Waals surface area contributed by atoms with Crippen molar-refractivity contribution in [2.75, 3.05) is 31.1 Å². The number of carbonyl (C=O) groups excluding carboxylic acids is 1. The number of piperidine rings is 1. The Morgan fingerprint density at radius 3 is 2.67 bits per heavy atom. The van der Waals surface area contributed by atoms with Crippen LogP contribution in [0.1, 0.15) is 29.2 Å². The number of hydrogen-bond acceptors (Lipinski definition) is 11. The molecule has 2 aromatic heterocycles. The minimum absolute atomic E-state index is 0.0464. The Balaban J connectivity index is 1.13. The maximum atomic E-state index is 12.6. The van der Waals surface area contributed by atoms with E-state index in [1.165, 1.54) is 0 Å². The molecule has 1 saturated heterocycles. The first-order chi connectivity index (χ1) is 17.3. The Hall–Kier alpha value is -3.81. The third kappa shape index (κ3) is 4.94. The number of aliphatic hydroxyl groups is 1. The number of nitrogens with one attached hydrogen (secondary N) is 3. The van der Waals surface area contributed by atoms with Gasteiger partial charge in [0.1, 0.15) is 12.1 Å². The number of hydrogen-bond donors (Lipinski definition) is 6. The minimum Gasteiger partial charge on any atom is -0.382 e. The van der Waals surface area contributed by atoms with Gasteiger partial charge in [0.05, 0.1) is 12.1 Å². The van der Waals surface area contributed by atoms with Crippen LogP contribution < -0.4 is 22.1 Å². The summed E-state index contributed by atoms with van der Waals surface area (Å²) in [5.74, 6) is 0.811. The lowest BCUT2D eigenvalue weighted by Crippen LogP contribution is -2.57. The molecular formula is C22H26ClN11O2. The van der Waals surface area contributed by atoms with Gasteiger partial charge in [0.25, 0.3) is 5.91 Å². The fraction of sp³-hybridized carbons (Fsp3) is 0.364. The van der Waals surface area contributed by atoms with Crippen LogP contribution in [0.5, 0.6) is 0 Å². The Morgan fingerprint density at radius 2 is 1.92 bits per heavy atom. The van der Waals surface area contributed by atoms with Crippen molar-refractivity contribution in [2.45, 2.75) is 31.0 Å². The summed E-state index contributed by atoms with van der Waals surface area (Å²) in [7, 11) is 0. The van der Waals surface area contributed by atoms with Crippen molar-refractivity contribution in [3.8, 4) is 11.4 Å². The van der Waals surface area contributed by atoms with E-state index in [4.69, 9.17) is 23.1 Å². The molecule has 36 heavy (non-hydrogen) atoms. The third-order valence-electron chi connectivity index (χ3n) is 6.39. The molecule has 1 aromatic carbocycles. The summed E-state index contributed by atoms with van der Waals surface area (Å²) in [6, 6.07) is 9.67. The van der Waals surface area contributed by atoms with Gasteiger partial charge in [0.2, 0.25) is 0 Å².